The molecule has 4 bridgehead atoms. The maximum atomic E-state index is 12.8. The van der Waals surface area contributed by atoms with Gasteiger partial charge in [0.15, 0.2) is 0 Å². The first-order chi connectivity index (χ1) is 10.1. The van der Waals surface area contributed by atoms with Crippen molar-refractivity contribution in [3.63, 3.8) is 0 Å². The largest absolute Gasteiger partial charge is 0.326 e. The second-order valence-corrected chi connectivity index (χ2v) is 8.32. The molecule has 0 saturated heterocycles. The third kappa shape index (κ3) is 2.44. The molecule has 2 nitrogen and oxygen atoms in total. The molecule has 21 heavy (non-hydrogen) atoms. The summed E-state index contributed by atoms with van der Waals surface area (Å²) in [5.74, 6) is 3.66. The SMILES string of the molecule is Cc1ccc(Br)cc1NC(=O)C1C2CC3CC(C2)CC1C3. The molecular weight excluding hydrogens is 326 g/mol. The molecule has 4 aliphatic rings. The van der Waals surface area contributed by atoms with E-state index in [2.05, 4.69) is 34.2 Å². The van der Waals surface area contributed by atoms with Crippen LogP contribution in [0.15, 0.2) is 22.7 Å². The number of hydrogen-bond donors (Lipinski definition) is 1. The van der Waals surface area contributed by atoms with Gasteiger partial charge in [0.05, 0.1) is 0 Å². The van der Waals surface area contributed by atoms with Crippen molar-refractivity contribution < 1.29 is 4.79 Å². The molecule has 1 amide bonds. The zero-order chi connectivity index (χ0) is 14.6. The van der Waals surface area contributed by atoms with Crippen molar-refractivity contribution in [3.8, 4) is 0 Å². The molecule has 1 aromatic carbocycles. The van der Waals surface area contributed by atoms with Crippen LogP contribution in [0.2, 0.25) is 0 Å². The summed E-state index contributed by atoms with van der Waals surface area (Å²) in [4.78, 5) is 12.8. The van der Waals surface area contributed by atoms with Crippen molar-refractivity contribution in [1.82, 2.24) is 0 Å². The van der Waals surface area contributed by atoms with Gasteiger partial charge in [0.1, 0.15) is 0 Å². The minimum atomic E-state index is 0.260. The number of aryl methyl sites for hydroxylation is 1. The lowest BCUT2D eigenvalue weighted by molar-refractivity contribution is -0.132. The Kier molecular flexibility index (Phi) is 3.36. The average molecular weight is 348 g/mol. The lowest BCUT2D eigenvalue weighted by Gasteiger charge is -2.53. The zero-order valence-electron chi connectivity index (χ0n) is 12.4. The van der Waals surface area contributed by atoms with Crippen LogP contribution in [0.4, 0.5) is 5.69 Å². The van der Waals surface area contributed by atoms with Gasteiger partial charge in [-0.15, -0.1) is 0 Å². The molecule has 1 aromatic rings. The number of nitrogens with one attached hydrogen (secondary N) is 1. The third-order valence-electron chi connectivity index (χ3n) is 5.99. The summed E-state index contributed by atoms with van der Waals surface area (Å²) in [6, 6.07) is 6.09. The number of hydrogen-bond acceptors (Lipinski definition) is 1. The summed E-state index contributed by atoms with van der Waals surface area (Å²) >= 11 is 3.49. The maximum absolute atomic E-state index is 12.8. The van der Waals surface area contributed by atoms with Gasteiger partial charge in [-0.2, -0.15) is 0 Å². The van der Waals surface area contributed by atoms with Gasteiger partial charge in [-0.05, 0) is 80.4 Å². The van der Waals surface area contributed by atoms with Crippen LogP contribution in [0.3, 0.4) is 0 Å². The molecule has 0 spiro atoms. The van der Waals surface area contributed by atoms with E-state index in [-0.39, 0.29) is 11.8 Å². The Labute approximate surface area is 134 Å². The third-order valence-corrected chi connectivity index (χ3v) is 6.48. The first kappa shape index (κ1) is 13.8. The van der Waals surface area contributed by atoms with Gasteiger partial charge in [0.25, 0.3) is 0 Å². The molecule has 0 heterocycles. The van der Waals surface area contributed by atoms with Gasteiger partial charge in [0.2, 0.25) is 5.91 Å². The first-order valence-corrected chi connectivity index (χ1v) is 8.96. The van der Waals surface area contributed by atoms with Crippen molar-refractivity contribution in [2.75, 3.05) is 5.32 Å². The molecule has 4 aliphatic carbocycles. The van der Waals surface area contributed by atoms with Gasteiger partial charge in [0, 0.05) is 16.1 Å². The highest BCUT2D eigenvalue weighted by Gasteiger charge is 2.50. The van der Waals surface area contributed by atoms with E-state index in [0.29, 0.717) is 11.8 Å². The van der Waals surface area contributed by atoms with Crippen LogP contribution in [0.1, 0.15) is 37.7 Å². The van der Waals surface area contributed by atoms with Gasteiger partial charge in [-0.25, -0.2) is 0 Å². The number of carbonyl (C=O) groups excluding carboxylic acids is 1. The molecule has 5 rings (SSSR count). The predicted octanol–water partition coefficient (Wildman–Crippen LogP) is 4.77. The van der Waals surface area contributed by atoms with E-state index < -0.39 is 0 Å². The molecule has 0 radical (unpaired) electrons. The van der Waals surface area contributed by atoms with E-state index >= 15 is 0 Å². The highest BCUT2D eigenvalue weighted by molar-refractivity contribution is 9.10. The Hall–Kier alpha value is -0.830. The van der Waals surface area contributed by atoms with Crippen LogP contribution >= 0.6 is 15.9 Å². The number of anilines is 1. The average Bonchev–Trinajstić information content (AvgIpc) is 2.41. The second-order valence-electron chi connectivity index (χ2n) is 7.40. The molecule has 4 fully saturated rings. The topological polar surface area (TPSA) is 29.1 Å². The Balaban J connectivity index is 1.54. The summed E-state index contributed by atoms with van der Waals surface area (Å²) in [6.45, 7) is 2.05. The summed E-state index contributed by atoms with van der Waals surface area (Å²) < 4.78 is 1.02. The number of rotatable bonds is 2. The number of amides is 1. The van der Waals surface area contributed by atoms with Crippen molar-refractivity contribution in [2.45, 2.75) is 39.0 Å². The zero-order valence-corrected chi connectivity index (χ0v) is 14.0. The first-order valence-electron chi connectivity index (χ1n) is 8.17. The quantitative estimate of drug-likeness (QED) is 0.820. The fraction of sp³-hybridized carbons (Fsp3) is 0.611. The molecule has 3 heteroatoms. The fourth-order valence-corrected chi connectivity index (χ4v) is 5.66. The summed E-state index contributed by atoms with van der Waals surface area (Å²) in [5, 5.41) is 3.21. The van der Waals surface area contributed by atoms with Crippen LogP contribution in [-0.4, -0.2) is 5.91 Å². The summed E-state index contributed by atoms with van der Waals surface area (Å²) in [7, 11) is 0. The lowest BCUT2D eigenvalue weighted by atomic mass is 9.51. The summed E-state index contributed by atoms with van der Waals surface area (Å²) in [6.07, 6.45) is 6.61. The summed E-state index contributed by atoms with van der Waals surface area (Å²) in [5.41, 5.74) is 2.10. The van der Waals surface area contributed by atoms with Crippen molar-refractivity contribution in [3.05, 3.63) is 28.2 Å². The Morgan fingerprint density at radius 1 is 1.10 bits per heavy atom. The number of benzene rings is 1. The van der Waals surface area contributed by atoms with Crippen LogP contribution in [0, 0.1) is 36.5 Å². The van der Waals surface area contributed by atoms with Crippen molar-refractivity contribution in [2.24, 2.45) is 29.6 Å². The van der Waals surface area contributed by atoms with E-state index in [9.17, 15) is 4.79 Å². The molecule has 112 valence electrons. The van der Waals surface area contributed by atoms with Crippen LogP contribution in [0.25, 0.3) is 0 Å². The Bertz CT molecular complexity index is 555. The normalized spacial score (nSPS) is 36.8. The fourth-order valence-electron chi connectivity index (χ4n) is 5.30. The molecule has 0 atom stereocenters. The standard InChI is InChI=1S/C18H22BrNO/c1-10-2-3-15(19)9-16(10)20-18(21)17-13-5-11-4-12(7-13)8-14(17)6-11/h2-3,9,11-14,17H,4-8H2,1H3,(H,20,21). The Morgan fingerprint density at radius 3 is 2.33 bits per heavy atom. The van der Waals surface area contributed by atoms with Gasteiger partial charge < -0.3 is 5.32 Å². The molecule has 4 saturated carbocycles. The Morgan fingerprint density at radius 2 is 1.71 bits per heavy atom. The predicted molar refractivity (Wildman–Crippen MR) is 88.0 cm³/mol. The van der Waals surface area contributed by atoms with E-state index in [0.717, 1.165) is 27.6 Å². The van der Waals surface area contributed by atoms with Crippen molar-refractivity contribution in [1.29, 1.82) is 0 Å². The van der Waals surface area contributed by atoms with Crippen LogP contribution < -0.4 is 5.32 Å². The van der Waals surface area contributed by atoms with Gasteiger partial charge in [-0.1, -0.05) is 22.0 Å². The van der Waals surface area contributed by atoms with Gasteiger partial charge in [-0.3, -0.25) is 4.79 Å². The minimum Gasteiger partial charge on any atom is -0.326 e. The smallest absolute Gasteiger partial charge is 0.228 e. The minimum absolute atomic E-state index is 0.260. The van der Waals surface area contributed by atoms with E-state index in [4.69, 9.17) is 0 Å². The van der Waals surface area contributed by atoms with E-state index in [1.807, 2.05) is 12.1 Å². The van der Waals surface area contributed by atoms with E-state index in [1.54, 1.807) is 0 Å². The molecule has 1 N–H and O–H groups in total. The molecule has 0 aromatic heterocycles. The highest BCUT2D eigenvalue weighted by atomic mass is 79.9. The van der Waals surface area contributed by atoms with Gasteiger partial charge >= 0.3 is 0 Å². The number of carbonyl (C=O) groups is 1. The van der Waals surface area contributed by atoms with Crippen LogP contribution in [0.5, 0.6) is 0 Å². The van der Waals surface area contributed by atoms with Crippen molar-refractivity contribution >= 4 is 27.5 Å². The molecule has 0 unspecified atom stereocenters. The number of halogens is 1. The monoisotopic (exact) mass is 347 g/mol. The van der Waals surface area contributed by atoms with E-state index in [1.165, 1.54) is 32.1 Å². The lowest BCUT2D eigenvalue weighted by Crippen LogP contribution is -2.49. The second kappa shape index (κ2) is 5.12. The van der Waals surface area contributed by atoms with Crippen LogP contribution in [-0.2, 0) is 4.79 Å². The highest BCUT2D eigenvalue weighted by Crippen LogP contribution is 2.56. The maximum Gasteiger partial charge on any atom is 0.228 e. The molecule has 0 aliphatic heterocycles. The molecular formula is C18H22BrNO.